The molecule has 19 heavy (non-hydrogen) atoms. The lowest BCUT2D eigenvalue weighted by Gasteiger charge is -2.25. The van der Waals surface area contributed by atoms with Crippen molar-refractivity contribution in [3.8, 4) is 0 Å². The maximum absolute atomic E-state index is 11.6. The highest BCUT2D eigenvalue weighted by Gasteiger charge is 2.32. The van der Waals surface area contributed by atoms with E-state index in [0.717, 1.165) is 5.56 Å². The summed E-state index contributed by atoms with van der Waals surface area (Å²) in [6, 6.07) is 2.77. The topological polar surface area (TPSA) is 132 Å². The van der Waals surface area contributed by atoms with E-state index < -0.39 is 17.7 Å². The molecule has 0 saturated carbocycles. The quantitative estimate of drug-likeness (QED) is 0.524. The Labute approximate surface area is 110 Å². The molecule has 104 valence electrons. The van der Waals surface area contributed by atoms with Gasteiger partial charge in [-0.2, -0.15) is 0 Å². The SMILES string of the molecule is COC(C)(NC(=O)NCc1ccc(N)nc1)C(N)=O. The summed E-state index contributed by atoms with van der Waals surface area (Å²) in [6.45, 7) is 1.59. The smallest absolute Gasteiger partial charge is 0.317 e. The lowest BCUT2D eigenvalue weighted by Crippen LogP contribution is -2.58. The average Bonchev–Trinajstić information content (AvgIpc) is 2.37. The van der Waals surface area contributed by atoms with Crippen molar-refractivity contribution in [2.24, 2.45) is 5.73 Å². The van der Waals surface area contributed by atoms with Crippen molar-refractivity contribution < 1.29 is 14.3 Å². The Hall–Kier alpha value is -2.35. The zero-order chi connectivity index (χ0) is 14.5. The molecule has 1 unspecified atom stereocenters. The molecule has 0 aliphatic rings. The molecular weight excluding hydrogens is 250 g/mol. The molecule has 8 nitrogen and oxygen atoms in total. The fourth-order valence-electron chi connectivity index (χ4n) is 1.20. The Bertz CT molecular complexity index is 462. The average molecular weight is 267 g/mol. The molecule has 0 radical (unpaired) electrons. The molecule has 1 atom stereocenters. The molecule has 0 fully saturated rings. The van der Waals surface area contributed by atoms with Crippen molar-refractivity contribution in [2.75, 3.05) is 12.8 Å². The number of amides is 3. The third-order valence-electron chi connectivity index (χ3n) is 2.53. The van der Waals surface area contributed by atoms with Crippen LogP contribution in [0.3, 0.4) is 0 Å². The van der Waals surface area contributed by atoms with E-state index in [0.29, 0.717) is 5.82 Å². The van der Waals surface area contributed by atoms with E-state index >= 15 is 0 Å². The van der Waals surface area contributed by atoms with Crippen molar-refractivity contribution in [2.45, 2.75) is 19.2 Å². The third kappa shape index (κ3) is 4.11. The number of anilines is 1. The minimum atomic E-state index is -1.55. The van der Waals surface area contributed by atoms with Crippen LogP contribution in [0, 0.1) is 0 Å². The largest absolute Gasteiger partial charge is 0.384 e. The Morgan fingerprint density at radius 2 is 2.16 bits per heavy atom. The van der Waals surface area contributed by atoms with Crippen LogP contribution in [0.4, 0.5) is 10.6 Å². The zero-order valence-electron chi connectivity index (χ0n) is 10.8. The Balaban J connectivity index is 2.52. The van der Waals surface area contributed by atoms with Crippen molar-refractivity contribution in [1.82, 2.24) is 15.6 Å². The van der Waals surface area contributed by atoms with Gasteiger partial charge >= 0.3 is 6.03 Å². The van der Waals surface area contributed by atoms with Crippen molar-refractivity contribution in [3.05, 3.63) is 23.9 Å². The summed E-state index contributed by atoms with van der Waals surface area (Å²) >= 11 is 0. The number of ether oxygens (including phenoxy) is 1. The number of hydrogen-bond donors (Lipinski definition) is 4. The fourth-order valence-corrected chi connectivity index (χ4v) is 1.20. The van der Waals surface area contributed by atoms with Crippen LogP contribution in [0.5, 0.6) is 0 Å². The van der Waals surface area contributed by atoms with Crippen molar-refractivity contribution in [3.63, 3.8) is 0 Å². The van der Waals surface area contributed by atoms with Crippen LogP contribution in [-0.2, 0) is 16.1 Å². The Kier molecular flexibility index (Phi) is 4.65. The molecule has 6 N–H and O–H groups in total. The highest BCUT2D eigenvalue weighted by atomic mass is 16.5. The van der Waals surface area contributed by atoms with Crippen LogP contribution in [0.25, 0.3) is 0 Å². The number of methoxy groups -OCH3 is 1. The molecule has 1 rings (SSSR count). The molecule has 3 amide bonds. The lowest BCUT2D eigenvalue weighted by atomic mass is 10.2. The summed E-state index contributed by atoms with van der Waals surface area (Å²) in [5.41, 5.74) is 9.78. The first kappa shape index (κ1) is 14.7. The number of nitrogens with one attached hydrogen (secondary N) is 2. The number of aromatic nitrogens is 1. The number of hydrogen-bond acceptors (Lipinski definition) is 5. The fraction of sp³-hybridized carbons (Fsp3) is 0.364. The molecule has 8 heteroatoms. The highest BCUT2D eigenvalue weighted by Crippen LogP contribution is 2.03. The van der Waals surface area contributed by atoms with E-state index in [9.17, 15) is 9.59 Å². The maximum Gasteiger partial charge on any atom is 0.317 e. The molecule has 0 aromatic carbocycles. The van der Waals surface area contributed by atoms with Crippen LogP contribution in [0.2, 0.25) is 0 Å². The number of pyridine rings is 1. The summed E-state index contributed by atoms with van der Waals surface area (Å²) in [7, 11) is 1.27. The van der Waals surface area contributed by atoms with Gasteiger partial charge in [0.05, 0.1) is 0 Å². The predicted octanol–water partition coefficient (Wildman–Crippen LogP) is -0.689. The Morgan fingerprint density at radius 1 is 1.47 bits per heavy atom. The standard InChI is InChI=1S/C11H17N5O3/c1-11(19-2,9(13)17)16-10(18)15-6-7-3-4-8(12)14-5-7/h3-5H,6H2,1-2H3,(H2,12,14)(H2,13,17)(H2,15,16,18). The van der Waals surface area contributed by atoms with Crippen LogP contribution in [-0.4, -0.2) is 29.8 Å². The van der Waals surface area contributed by atoms with Gasteiger partial charge in [-0.15, -0.1) is 0 Å². The van der Waals surface area contributed by atoms with E-state index in [-0.39, 0.29) is 6.54 Å². The highest BCUT2D eigenvalue weighted by molar-refractivity contribution is 5.88. The predicted molar refractivity (Wildman–Crippen MR) is 68.6 cm³/mol. The van der Waals surface area contributed by atoms with Gasteiger partial charge in [0.2, 0.25) is 5.72 Å². The molecule has 0 spiro atoms. The second-order valence-corrected chi connectivity index (χ2v) is 4.00. The summed E-state index contributed by atoms with van der Waals surface area (Å²) < 4.78 is 4.86. The van der Waals surface area contributed by atoms with Crippen molar-refractivity contribution in [1.29, 1.82) is 0 Å². The van der Waals surface area contributed by atoms with Crippen LogP contribution < -0.4 is 22.1 Å². The zero-order valence-corrected chi connectivity index (χ0v) is 10.8. The number of nitrogens with zero attached hydrogens (tertiary/aromatic N) is 1. The minimum Gasteiger partial charge on any atom is -0.384 e. The van der Waals surface area contributed by atoms with Crippen molar-refractivity contribution >= 4 is 17.8 Å². The number of carbonyl (C=O) groups is 2. The minimum absolute atomic E-state index is 0.234. The second kappa shape index (κ2) is 6.01. The van der Waals surface area contributed by atoms with Gasteiger partial charge in [-0.05, 0) is 18.6 Å². The van der Waals surface area contributed by atoms with Gasteiger partial charge in [0.15, 0.2) is 0 Å². The molecule has 0 aliphatic carbocycles. The van der Waals surface area contributed by atoms with E-state index in [1.165, 1.54) is 14.0 Å². The number of nitrogen functional groups attached to an aromatic ring is 1. The molecule has 0 bridgehead atoms. The Morgan fingerprint density at radius 3 is 2.63 bits per heavy atom. The van der Waals surface area contributed by atoms with Gasteiger partial charge in [-0.3, -0.25) is 4.79 Å². The normalized spacial score (nSPS) is 13.4. The summed E-state index contributed by atoms with van der Waals surface area (Å²) in [5.74, 6) is -0.395. The summed E-state index contributed by atoms with van der Waals surface area (Å²) in [5, 5.41) is 4.88. The van der Waals surface area contributed by atoms with Gasteiger partial charge in [-0.25, -0.2) is 9.78 Å². The molecule has 1 aromatic heterocycles. The maximum atomic E-state index is 11.6. The van der Waals surface area contributed by atoms with Gasteiger partial charge in [0.25, 0.3) is 5.91 Å². The van der Waals surface area contributed by atoms with Crippen LogP contribution in [0.1, 0.15) is 12.5 Å². The van der Waals surface area contributed by atoms with Crippen LogP contribution in [0.15, 0.2) is 18.3 Å². The third-order valence-corrected chi connectivity index (χ3v) is 2.53. The number of nitrogens with two attached hydrogens (primary N) is 2. The monoisotopic (exact) mass is 267 g/mol. The van der Waals surface area contributed by atoms with Gasteiger partial charge in [0.1, 0.15) is 5.82 Å². The second-order valence-electron chi connectivity index (χ2n) is 4.00. The first-order valence-electron chi connectivity index (χ1n) is 5.49. The molecule has 1 aromatic rings. The molecule has 1 heterocycles. The van der Waals surface area contributed by atoms with E-state index in [1.807, 2.05) is 0 Å². The molecular formula is C11H17N5O3. The first-order valence-corrected chi connectivity index (χ1v) is 5.49. The van der Waals surface area contributed by atoms with Gasteiger partial charge < -0.3 is 26.8 Å². The summed E-state index contributed by atoms with van der Waals surface area (Å²) in [4.78, 5) is 26.6. The number of urea groups is 1. The van der Waals surface area contributed by atoms with Gasteiger partial charge in [-0.1, -0.05) is 6.07 Å². The van der Waals surface area contributed by atoms with Gasteiger partial charge in [0, 0.05) is 19.9 Å². The summed E-state index contributed by atoms with van der Waals surface area (Å²) in [6.07, 6.45) is 1.54. The lowest BCUT2D eigenvalue weighted by molar-refractivity contribution is -0.140. The number of carbonyl (C=O) groups excluding carboxylic acids is 2. The molecule has 0 aliphatic heterocycles. The number of rotatable bonds is 5. The van der Waals surface area contributed by atoms with E-state index in [4.69, 9.17) is 16.2 Å². The van der Waals surface area contributed by atoms with E-state index in [2.05, 4.69) is 15.6 Å². The van der Waals surface area contributed by atoms with E-state index in [1.54, 1.807) is 18.3 Å². The first-order chi connectivity index (χ1) is 8.87. The molecule has 0 saturated heterocycles. The number of primary amides is 1. The van der Waals surface area contributed by atoms with Crippen LogP contribution >= 0.6 is 0 Å².